The minimum Gasteiger partial charge on any atom is -0.492 e. The van der Waals surface area contributed by atoms with Crippen LogP contribution >= 0.6 is 0 Å². The summed E-state index contributed by atoms with van der Waals surface area (Å²) in [5, 5.41) is 4.07. The summed E-state index contributed by atoms with van der Waals surface area (Å²) >= 11 is 0. The Morgan fingerprint density at radius 1 is 1.41 bits per heavy atom. The van der Waals surface area contributed by atoms with E-state index in [0.29, 0.717) is 24.3 Å². The highest BCUT2D eigenvalue weighted by atomic mass is 16.5. The third kappa shape index (κ3) is 2.90. The van der Waals surface area contributed by atoms with Crippen LogP contribution in [-0.4, -0.2) is 27.7 Å². The van der Waals surface area contributed by atoms with Crippen LogP contribution < -0.4 is 4.74 Å². The Balaban J connectivity index is 1.85. The molecule has 2 heterocycles. The van der Waals surface area contributed by atoms with Gasteiger partial charge in [-0.05, 0) is 18.2 Å². The predicted molar refractivity (Wildman–Crippen MR) is 62.0 cm³/mol. The first kappa shape index (κ1) is 11.3. The average Bonchev–Trinajstić information content (AvgIpc) is 2.76. The van der Waals surface area contributed by atoms with E-state index in [4.69, 9.17) is 4.74 Å². The van der Waals surface area contributed by atoms with Gasteiger partial charge in [0.15, 0.2) is 6.29 Å². The van der Waals surface area contributed by atoms with Gasteiger partial charge in [-0.1, -0.05) is 0 Å². The van der Waals surface area contributed by atoms with E-state index in [-0.39, 0.29) is 0 Å². The molecule has 2 rings (SSSR count). The van der Waals surface area contributed by atoms with E-state index in [1.54, 1.807) is 24.5 Å². The topological polar surface area (TPSA) is 57.0 Å². The smallest absolute Gasteiger partial charge is 0.168 e. The molecule has 17 heavy (non-hydrogen) atoms. The molecule has 88 valence electrons. The zero-order valence-electron chi connectivity index (χ0n) is 9.54. The minimum atomic E-state index is 0.406. The lowest BCUT2D eigenvalue weighted by Crippen LogP contribution is -2.06. The molecule has 0 radical (unpaired) electrons. The van der Waals surface area contributed by atoms with Crippen LogP contribution in [0.25, 0.3) is 0 Å². The minimum absolute atomic E-state index is 0.406. The first-order chi connectivity index (χ1) is 8.29. The van der Waals surface area contributed by atoms with Crippen LogP contribution in [-0.2, 0) is 13.5 Å². The molecule has 2 aromatic heterocycles. The lowest BCUT2D eigenvalue weighted by atomic mass is 10.3. The highest BCUT2D eigenvalue weighted by molar-refractivity contribution is 5.71. The van der Waals surface area contributed by atoms with Crippen LogP contribution in [0.4, 0.5) is 0 Å². The van der Waals surface area contributed by atoms with Gasteiger partial charge in [0.2, 0.25) is 0 Å². The lowest BCUT2D eigenvalue weighted by molar-refractivity contribution is 0.111. The third-order valence-electron chi connectivity index (χ3n) is 2.43. The molecule has 0 N–H and O–H groups in total. The molecule has 5 heteroatoms. The van der Waals surface area contributed by atoms with Gasteiger partial charge in [-0.15, -0.1) is 0 Å². The molecule has 5 nitrogen and oxygen atoms in total. The van der Waals surface area contributed by atoms with Gasteiger partial charge in [-0.25, -0.2) is 4.98 Å². The fourth-order valence-corrected chi connectivity index (χ4v) is 1.47. The molecule has 0 bridgehead atoms. The Kier molecular flexibility index (Phi) is 3.49. The molecular formula is C12H13N3O2. The number of nitrogens with zero attached hydrogens (tertiary/aromatic N) is 3. The van der Waals surface area contributed by atoms with Crippen molar-refractivity contribution < 1.29 is 9.53 Å². The van der Waals surface area contributed by atoms with Crippen LogP contribution in [0.15, 0.2) is 30.6 Å². The van der Waals surface area contributed by atoms with Gasteiger partial charge < -0.3 is 4.74 Å². The Labute approximate surface area is 99.1 Å². The molecule has 0 spiro atoms. The summed E-state index contributed by atoms with van der Waals surface area (Å²) in [7, 11) is 1.90. The first-order valence-electron chi connectivity index (χ1n) is 5.30. The van der Waals surface area contributed by atoms with Crippen molar-refractivity contribution in [2.75, 3.05) is 6.61 Å². The standard InChI is InChI=1S/C12H13N3O2/c1-15-11(4-6-14-15)5-7-17-12-3-2-10(9-16)13-8-12/h2-4,6,8-9H,5,7H2,1H3. The molecule has 0 aliphatic carbocycles. The molecule has 0 saturated carbocycles. The van der Waals surface area contributed by atoms with E-state index in [1.165, 1.54) is 0 Å². The third-order valence-corrected chi connectivity index (χ3v) is 2.43. The SMILES string of the molecule is Cn1nccc1CCOc1ccc(C=O)nc1. The molecule has 0 unspecified atom stereocenters. The number of hydrogen-bond acceptors (Lipinski definition) is 4. The number of carbonyl (C=O) groups excluding carboxylic acids is 1. The van der Waals surface area contributed by atoms with Crippen molar-refractivity contribution in [2.24, 2.45) is 7.05 Å². The van der Waals surface area contributed by atoms with Crippen molar-refractivity contribution in [3.8, 4) is 5.75 Å². The van der Waals surface area contributed by atoms with Gasteiger partial charge in [-0.3, -0.25) is 9.48 Å². The number of rotatable bonds is 5. The van der Waals surface area contributed by atoms with Crippen LogP contribution in [0, 0.1) is 0 Å². The zero-order valence-corrected chi connectivity index (χ0v) is 9.54. The molecule has 0 aliphatic rings. The number of aldehydes is 1. The van der Waals surface area contributed by atoms with E-state index in [9.17, 15) is 4.79 Å². The molecule has 0 aliphatic heterocycles. The predicted octanol–water partition coefficient (Wildman–Crippen LogP) is 1.25. The van der Waals surface area contributed by atoms with Crippen molar-refractivity contribution in [2.45, 2.75) is 6.42 Å². The summed E-state index contributed by atoms with van der Waals surface area (Å²) in [5.74, 6) is 0.665. The Morgan fingerprint density at radius 2 is 2.29 bits per heavy atom. The summed E-state index contributed by atoms with van der Waals surface area (Å²) in [6.45, 7) is 0.557. The van der Waals surface area contributed by atoms with Crippen LogP contribution in [0.5, 0.6) is 5.75 Å². The molecular weight excluding hydrogens is 218 g/mol. The second-order valence-electron chi connectivity index (χ2n) is 3.58. The quantitative estimate of drug-likeness (QED) is 0.727. The monoisotopic (exact) mass is 231 g/mol. The fraction of sp³-hybridized carbons (Fsp3) is 0.250. The number of hydrogen-bond donors (Lipinski definition) is 0. The number of ether oxygens (including phenoxy) is 1. The highest BCUT2D eigenvalue weighted by Gasteiger charge is 2.00. The van der Waals surface area contributed by atoms with Crippen LogP contribution in [0.2, 0.25) is 0 Å². The normalized spacial score (nSPS) is 10.2. The van der Waals surface area contributed by atoms with Crippen LogP contribution in [0.1, 0.15) is 16.2 Å². The second-order valence-corrected chi connectivity index (χ2v) is 3.58. The Hall–Kier alpha value is -2.17. The first-order valence-corrected chi connectivity index (χ1v) is 5.30. The summed E-state index contributed by atoms with van der Waals surface area (Å²) in [4.78, 5) is 14.3. The average molecular weight is 231 g/mol. The number of carbonyl (C=O) groups is 1. The Bertz CT molecular complexity index is 491. The molecule has 0 saturated heterocycles. The molecule has 0 amide bonds. The number of pyridine rings is 1. The molecule has 0 atom stereocenters. The molecule has 2 aromatic rings. The second kappa shape index (κ2) is 5.25. The maximum absolute atomic E-state index is 10.4. The van der Waals surface area contributed by atoms with Crippen molar-refractivity contribution in [3.63, 3.8) is 0 Å². The number of aryl methyl sites for hydroxylation is 1. The van der Waals surface area contributed by atoms with Gasteiger partial charge in [0.25, 0.3) is 0 Å². The maximum atomic E-state index is 10.4. The van der Waals surface area contributed by atoms with Gasteiger partial charge in [0.1, 0.15) is 11.4 Å². The molecule has 0 aromatic carbocycles. The largest absolute Gasteiger partial charge is 0.492 e. The zero-order chi connectivity index (χ0) is 12.1. The van der Waals surface area contributed by atoms with E-state index in [0.717, 1.165) is 12.1 Å². The summed E-state index contributed by atoms with van der Waals surface area (Å²) < 4.78 is 7.33. The van der Waals surface area contributed by atoms with Gasteiger partial charge in [0.05, 0.1) is 12.8 Å². The van der Waals surface area contributed by atoms with E-state index in [2.05, 4.69) is 10.1 Å². The van der Waals surface area contributed by atoms with E-state index < -0.39 is 0 Å². The van der Waals surface area contributed by atoms with Crippen LogP contribution in [0.3, 0.4) is 0 Å². The van der Waals surface area contributed by atoms with Gasteiger partial charge >= 0.3 is 0 Å². The van der Waals surface area contributed by atoms with Crippen molar-refractivity contribution in [3.05, 3.63) is 42.0 Å². The van der Waals surface area contributed by atoms with Gasteiger partial charge in [0, 0.05) is 25.4 Å². The van der Waals surface area contributed by atoms with Crippen molar-refractivity contribution in [1.82, 2.24) is 14.8 Å². The van der Waals surface area contributed by atoms with E-state index in [1.807, 2.05) is 17.8 Å². The fourth-order valence-electron chi connectivity index (χ4n) is 1.47. The van der Waals surface area contributed by atoms with E-state index >= 15 is 0 Å². The van der Waals surface area contributed by atoms with Crippen molar-refractivity contribution in [1.29, 1.82) is 0 Å². The summed E-state index contributed by atoms with van der Waals surface area (Å²) in [6.07, 6.45) is 4.80. The number of aromatic nitrogens is 3. The highest BCUT2D eigenvalue weighted by Crippen LogP contribution is 2.09. The Morgan fingerprint density at radius 3 is 2.88 bits per heavy atom. The summed E-state index contributed by atoms with van der Waals surface area (Å²) in [5.41, 5.74) is 1.52. The maximum Gasteiger partial charge on any atom is 0.168 e. The van der Waals surface area contributed by atoms with Crippen molar-refractivity contribution >= 4 is 6.29 Å². The summed E-state index contributed by atoms with van der Waals surface area (Å²) in [6, 6.07) is 5.32. The lowest BCUT2D eigenvalue weighted by Gasteiger charge is -2.05. The van der Waals surface area contributed by atoms with Gasteiger partial charge in [-0.2, -0.15) is 5.10 Å². The molecule has 0 fully saturated rings.